The Morgan fingerprint density at radius 2 is 2.04 bits per heavy atom. The molecule has 0 unspecified atom stereocenters. The smallest absolute Gasteiger partial charge is 0.247 e. The lowest BCUT2D eigenvalue weighted by molar-refractivity contribution is 0.0755. The quantitative estimate of drug-likeness (QED) is 0.712. The third kappa shape index (κ3) is 3.49. The predicted molar refractivity (Wildman–Crippen MR) is 94.7 cm³/mol. The minimum Gasteiger partial charge on any atom is -0.419 e. The van der Waals surface area contributed by atoms with Crippen LogP contribution in [0.5, 0.6) is 0 Å². The highest BCUT2D eigenvalue weighted by atomic mass is 16.4. The fraction of sp³-hybridized carbons (Fsp3) is 0.421. The van der Waals surface area contributed by atoms with Crippen LogP contribution in [0.2, 0.25) is 0 Å². The second-order valence-electron chi connectivity index (χ2n) is 6.60. The van der Waals surface area contributed by atoms with Gasteiger partial charge in [-0.3, -0.25) is 9.58 Å². The van der Waals surface area contributed by atoms with E-state index in [9.17, 15) is 0 Å². The average Bonchev–Trinajstić information content (AvgIpc) is 3.34. The van der Waals surface area contributed by atoms with Crippen LogP contribution in [-0.4, -0.2) is 37.5 Å². The van der Waals surface area contributed by atoms with Gasteiger partial charge in [-0.1, -0.05) is 24.6 Å². The van der Waals surface area contributed by atoms with Crippen molar-refractivity contribution in [2.75, 3.05) is 6.54 Å². The van der Waals surface area contributed by atoms with Crippen LogP contribution in [0, 0.1) is 0 Å². The topological polar surface area (TPSA) is 60.0 Å². The molecule has 0 radical (unpaired) electrons. The Morgan fingerprint density at radius 1 is 1.16 bits per heavy atom. The van der Waals surface area contributed by atoms with Gasteiger partial charge in [0.1, 0.15) is 0 Å². The highest BCUT2D eigenvalue weighted by molar-refractivity contribution is 5.51. The van der Waals surface area contributed by atoms with Gasteiger partial charge in [0.25, 0.3) is 0 Å². The Bertz CT molecular complexity index is 783. The van der Waals surface area contributed by atoms with Crippen LogP contribution >= 0.6 is 0 Å². The molecule has 0 aliphatic carbocycles. The summed E-state index contributed by atoms with van der Waals surface area (Å²) < 4.78 is 7.99. The molecule has 130 valence electrons. The van der Waals surface area contributed by atoms with Crippen molar-refractivity contribution in [1.29, 1.82) is 0 Å². The molecule has 6 heteroatoms. The Hall–Kier alpha value is -2.47. The maximum atomic E-state index is 5.98. The summed E-state index contributed by atoms with van der Waals surface area (Å²) in [7, 11) is 0. The Balaban J connectivity index is 1.52. The van der Waals surface area contributed by atoms with Crippen LogP contribution < -0.4 is 0 Å². The normalized spacial score (nSPS) is 19.8. The summed E-state index contributed by atoms with van der Waals surface area (Å²) in [5.41, 5.74) is 0.959. The first-order valence-corrected chi connectivity index (χ1v) is 8.93. The number of hydrogen-bond acceptors (Lipinski definition) is 5. The van der Waals surface area contributed by atoms with Crippen LogP contribution in [0.15, 0.2) is 53.2 Å². The lowest BCUT2D eigenvalue weighted by Gasteiger charge is -2.38. The lowest BCUT2D eigenvalue weighted by atomic mass is 10.00. The van der Waals surface area contributed by atoms with Crippen molar-refractivity contribution in [3.8, 4) is 11.5 Å². The highest BCUT2D eigenvalue weighted by Gasteiger charge is 2.30. The number of rotatable bonds is 5. The molecule has 1 aliphatic rings. The fourth-order valence-corrected chi connectivity index (χ4v) is 3.60. The van der Waals surface area contributed by atoms with E-state index in [1.807, 2.05) is 53.5 Å². The van der Waals surface area contributed by atoms with Crippen LogP contribution in [0.25, 0.3) is 11.5 Å². The van der Waals surface area contributed by atoms with Gasteiger partial charge in [0.05, 0.1) is 12.6 Å². The third-order valence-electron chi connectivity index (χ3n) is 4.95. The number of hydrogen-bond donors (Lipinski definition) is 0. The molecule has 0 bridgehead atoms. The number of aromatic nitrogens is 4. The molecule has 0 saturated carbocycles. The molecular weight excluding hydrogens is 314 g/mol. The molecule has 6 nitrogen and oxygen atoms in total. The van der Waals surface area contributed by atoms with Gasteiger partial charge in [0.2, 0.25) is 11.8 Å². The summed E-state index contributed by atoms with van der Waals surface area (Å²) in [5.74, 6) is 1.27. The van der Waals surface area contributed by atoms with Crippen LogP contribution in [0.4, 0.5) is 0 Å². The zero-order chi connectivity index (χ0) is 17.1. The van der Waals surface area contributed by atoms with E-state index in [0.29, 0.717) is 17.8 Å². The van der Waals surface area contributed by atoms with E-state index in [-0.39, 0.29) is 6.04 Å². The Morgan fingerprint density at radius 3 is 2.84 bits per heavy atom. The van der Waals surface area contributed by atoms with E-state index < -0.39 is 0 Å². The molecule has 1 aliphatic heterocycles. The monoisotopic (exact) mass is 337 g/mol. The molecule has 0 spiro atoms. The number of likely N-dealkylation sites (tertiary alicyclic amines) is 1. The van der Waals surface area contributed by atoms with Gasteiger partial charge in [0, 0.05) is 24.0 Å². The number of piperidine rings is 1. The lowest BCUT2D eigenvalue weighted by Crippen LogP contribution is -2.43. The van der Waals surface area contributed by atoms with Gasteiger partial charge < -0.3 is 4.42 Å². The second-order valence-corrected chi connectivity index (χ2v) is 6.60. The van der Waals surface area contributed by atoms with E-state index in [4.69, 9.17) is 4.42 Å². The molecule has 3 aromatic rings. The number of nitrogens with zero attached hydrogens (tertiary/aromatic N) is 5. The second kappa shape index (κ2) is 7.19. The van der Waals surface area contributed by atoms with Gasteiger partial charge in [-0.05, 0) is 44.5 Å². The molecule has 3 heterocycles. The van der Waals surface area contributed by atoms with Crippen molar-refractivity contribution in [2.45, 2.75) is 44.8 Å². The number of benzene rings is 1. The molecule has 0 amide bonds. The zero-order valence-electron chi connectivity index (χ0n) is 14.5. The van der Waals surface area contributed by atoms with E-state index in [1.54, 1.807) is 0 Å². The van der Waals surface area contributed by atoms with Crippen molar-refractivity contribution >= 4 is 0 Å². The third-order valence-corrected chi connectivity index (χ3v) is 4.95. The van der Waals surface area contributed by atoms with Gasteiger partial charge in [0.15, 0.2) is 0 Å². The summed E-state index contributed by atoms with van der Waals surface area (Å²) in [4.78, 5) is 2.48. The maximum absolute atomic E-state index is 5.98. The SMILES string of the molecule is C[C@H](c1nnc(-c2ccccc2)o1)N1CCCC[C@H]1Cn1cccn1. The molecule has 2 atom stereocenters. The van der Waals surface area contributed by atoms with E-state index in [0.717, 1.165) is 18.7 Å². The first-order valence-electron chi connectivity index (χ1n) is 8.93. The Labute approximate surface area is 147 Å². The van der Waals surface area contributed by atoms with Gasteiger partial charge in [-0.2, -0.15) is 5.10 Å². The van der Waals surface area contributed by atoms with Crippen molar-refractivity contribution in [3.05, 3.63) is 54.7 Å². The highest BCUT2D eigenvalue weighted by Crippen LogP contribution is 2.30. The molecule has 0 N–H and O–H groups in total. The Kier molecular flexibility index (Phi) is 4.61. The molecule has 25 heavy (non-hydrogen) atoms. The fourth-order valence-electron chi connectivity index (χ4n) is 3.60. The standard InChI is InChI=1S/C19H23N5O/c1-15(18-21-22-19(25-18)16-8-3-2-4-9-16)24-13-6-5-10-17(24)14-23-12-7-11-20-23/h2-4,7-9,11-12,15,17H,5-6,10,13-14H2,1H3/t15-,17+/m1/s1. The molecule has 1 fully saturated rings. The maximum Gasteiger partial charge on any atom is 0.247 e. The average molecular weight is 337 g/mol. The summed E-state index contributed by atoms with van der Waals surface area (Å²) in [6, 6.07) is 12.4. The van der Waals surface area contributed by atoms with Crippen LogP contribution in [-0.2, 0) is 6.54 Å². The first-order chi connectivity index (χ1) is 12.3. The predicted octanol–water partition coefficient (Wildman–Crippen LogP) is 3.55. The molecular formula is C19H23N5O. The van der Waals surface area contributed by atoms with Crippen molar-refractivity contribution in [1.82, 2.24) is 24.9 Å². The zero-order valence-corrected chi connectivity index (χ0v) is 14.5. The molecule has 1 saturated heterocycles. The van der Waals surface area contributed by atoms with E-state index in [2.05, 4.69) is 27.1 Å². The van der Waals surface area contributed by atoms with Crippen LogP contribution in [0.1, 0.15) is 38.1 Å². The van der Waals surface area contributed by atoms with Gasteiger partial charge in [-0.15, -0.1) is 10.2 Å². The van der Waals surface area contributed by atoms with Crippen molar-refractivity contribution < 1.29 is 4.42 Å². The summed E-state index contributed by atoms with van der Waals surface area (Å²) in [6.07, 6.45) is 7.50. The molecule has 2 aromatic heterocycles. The largest absolute Gasteiger partial charge is 0.419 e. The summed E-state index contributed by atoms with van der Waals surface area (Å²) in [5, 5.41) is 12.9. The van der Waals surface area contributed by atoms with Crippen molar-refractivity contribution in [2.24, 2.45) is 0 Å². The molecule has 1 aromatic carbocycles. The van der Waals surface area contributed by atoms with E-state index in [1.165, 1.54) is 19.3 Å². The minimum atomic E-state index is 0.103. The first kappa shape index (κ1) is 16.0. The van der Waals surface area contributed by atoms with E-state index >= 15 is 0 Å². The minimum absolute atomic E-state index is 0.103. The summed E-state index contributed by atoms with van der Waals surface area (Å²) >= 11 is 0. The summed E-state index contributed by atoms with van der Waals surface area (Å²) in [6.45, 7) is 4.11. The van der Waals surface area contributed by atoms with Gasteiger partial charge in [-0.25, -0.2) is 0 Å². The van der Waals surface area contributed by atoms with Gasteiger partial charge >= 0.3 is 0 Å². The van der Waals surface area contributed by atoms with Crippen LogP contribution in [0.3, 0.4) is 0 Å². The van der Waals surface area contributed by atoms with Crippen molar-refractivity contribution in [3.63, 3.8) is 0 Å². The molecule has 4 rings (SSSR count).